The molecule has 1 N–H and O–H groups in total. The average Bonchev–Trinajstić information content (AvgIpc) is 2.99. The molecule has 1 fully saturated rings. The Morgan fingerprint density at radius 2 is 1.80 bits per heavy atom. The Morgan fingerprint density at radius 1 is 1.15 bits per heavy atom. The van der Waals surface area contributed by atoms with Crippen LogP contribution in [-0.4, -0.2) is 55.6 Å². The second-order valence-electron chi connectivity index (χ2n) is 11.6. The number of amides is 1. The maximum Gasteiger partial charge on any atom is 0.276 e. The maximum atomic E-state index is 15.5. The van der Waals surface area contributed by atoms with Gasteiger partial charge >= 0.3 is 0 Å². The van der Waals surface area contributed by atoms with Crippen molar-refractivity contribution < 1.29 is 14.3 Å². The van der Waals surface area contributed by atoms with Crippen LogP contribution in [0.3, 0.4) is 0 Å². The Labute approximate surface area is 280 Å². The normalized spacial score (nSPS) is 16.6. The lowest BCUT2D eigenvalue weighted by molar-refractivity contribution is -0.130. The number of aromatic nitrogens is 3. The number of carbonyl (C=O) groups is 1. The first-order valence-corrected chi connectivity index (χ1v) is 15.6. The molecule has 3 aromatic heterocycles. The zero-order chi connectivity index (χ0) is 33.8. The number of benzene rings is 1. The highest BCUT2D eigenvalue weighted by Crippen LogP contribution is 2.44. The Balaban J connectivity index is 1.94. The molecule has 1 amide bonds. The van der Waals surface area contributed by atoms with E-state index in [1.54, 1.807) is 24.1 Å². The highest BCUT2D eigenvalue weighted by atomic mass is 35.5. The summed E-state index contributed by atoms with van der Waals surface area (Å²) in [6, 6.07) is 5.76. The van der Waals surface area contributed by atoms with Gasteiger partial charge in [0.15, 0.2) is 5.82 Å². The highest BCUT2D eigenvalue weighted by molar-refractivity contribution is 6.37. The predicted molar refractivity (Wildman–Crippen MR) is 179 cm³/mol. The lowest BCUT2D eigenvalue weighted by Crippen LogP contribution is -2.58. The van der Waals surface area contributed by atoms with Crippen LogP contribution in [0.4, 0.5) is 10.1 Å². The van der Waals surface area contributed by atoms with Crippen LogP contribution in [-0.2, 0) is 4.79 Å². The van der Waals surface area contributed by atoms with Gasteiger partial charge in [-0.25, -0.2) is 9.37 Å². The topological polar surface area (TPSA) is 115 Å². The van der Waals surface area contributed by atoms with Gasteiger partial charge < -0.3 is 14.9 Å². The van der Waals surface area contributed by atoms with Crippen molar-refractivity contribution in [1.82, 2.24) is 19.4 Å². The molecule has 1 aliphatic heterocycles. The van der Waals surface area contributed by atoms with Crippen molar-refractivity contribution in [3.8, 4) is 28.8 Å². The summed E-state index contributed by atoms with van der Waals surface area (Å²) in [6.45, 7) is 13.5. The van der Waals surface area contributed by atoms with Crippen LogP contribution in [0.15, 0.2) is 41.8 Å². The quantitative estimate of drug-likeness (QED) is 0.175. The van der Waals surface area contributed by atoms with E-state index in [2.05, 4.69) is 17.6 Å². The molecule has 0 saturated carbocycles. The number of aromatic hydroxyl groups is 1. The molecule has 2 atom stereocenters. The zero-order valence-electron chi connectivity index (χ0n) is 25.7. The van der Waals surface area contributed by atoms with E-state index in [-0.39, 0.29) is 74.7 Å². The molecule has 4 aromatic rings. The minimum atomic E-state index is -1.01. The van der Waals surface area contributed by atoms with Crippen molar-refractivity contribution in [3.05, 3.63) is 85.1 Å². The number of carbonyl (C=O) groups excluding carboxylic acids is 1. The van der Waals surface area contributed by atoms with Gasteiger partial charge in [-0.3, -0.25) is 19.1 Å². The number of phenolic OH excluding ortho intramolecular Hbond substituents is 1. The van der Waals surface area contributed by atoms with E-state index < -0.39 is 22.7 Å². The fourth-order valence-electron chi connectivity index (χ4n) is 6.21. The molecule has 0 radical (unpaired) electrons. The van der Waals surface area contributed by atoms with Gasteiger partial charge in [0.05, 0.1) is 43.4 Å². The number of hydrogen-bond acceptors (Lipinski definition) is 7. The Hall–Kier alpha value is -4.17. The van der Waals surface area contributed by atoms with Crippen LogP contribution in [0.2, 0.25) is 15.1 Å². The third-order valence-electron chi connectivity index (χ3n) is 8.16. The van der Waals surface area contributed by atoms with Crippen LogP contribution in [0.25, 0.3) is 28.0 Å². The van der Waals surface area contributed by atoms with Crippen molar-refractivity contribution in [2.75, 3.05) is 18.0 Å². The molecule has 1 saturated heterocycles. The predicted octanol–water partition coefficient (Wildman–Crippen LogP) is 7.17. The molecule has 1 aromatic carbocycles. The number of hydrogen-bond donors (Lipinski definition) is 1. The molecule has 0 unspecified atom stereocenters. The first kappa shape index (κ1) is 33.2. The second-order valence-corrected chi connectivity index (χ2v) is 12.8. The summed E-state index contributed by atoms with van der Waals surface area (Å²) in [6.07, 6.45) is 2.88. The summed E-state index contributed by atoms with van der Waals surface area (Å²) in [7, 11) is 0. The lowest BCUT2D eigenvalue weighted by atomic mass is 10.0. The fraction of sp³-hybridized carbons (Fsp3) is 0.303. The number of aryl methyl sites for hydroxylation is 1. The Kier molecular flexibility index (Phi) is 9.06. The lowest BCUT2D eigenvalue weighted by Gasteiger charge is -2.45. The van der Waals surface area contributed by atoms with Gasteiger partial charge in [0.1, 0.15) is 23.0 Å². The van der Waals surface area contributed by atoms with Gasteiger partial charge in [-0.15, -0.1) is 0 Å². The number of piperazine rings is 1. The van der Waals surface area contributed by atoms with E-state index >= 15 is 4.39 Å². The van der Waals surface area contributed by atoms with E-state index in [1.807, 2.05) is 32.6 Å². The number of pyridine rings is 3. The zero-order valence-corrected chi connectivity index (χ0v) is 28.0. The van der Waals surface area contributed by atoms with Crippen molar-refractivity contribution in [2.45, 2.75) is 52.6 Å². The molecular weight excluding hydrogens is 654 g/mol. The van der Waals surface area contributed by atoms with Gasteiger partial charge in [-0.2, -0.15) is 5.26 Å². The van der Waals surface area contributed by atoms with Gasteiger partial charge in [-0.1, -0.05) is 55.2 Å². The van der Waals surface area contributed by atoms with Gasteiger partial charge in [0.25, 0.3) is 5.56 Å². The summed E-state index contributed by atoms with van der Waals surface area (Å²) in [5, 5.41) is 21.0. The van der Waals surface area contributed by atoms with Crippen LogP contribution in [0.1, 0.15) is 50.4 Å². The summed E-state index contributed by atoms with van der Waals surface area (Å²) >= 11 is 19.1. The standard InChI is InChI=1S/C33H30Cl3FN6O3/c1-7-24(44)42-17(5)13-41(14-18(42)6)30-19-10-22(35)28(25-26(37)21(34)11-23(36)31(25)45)40-32(19)43(33(46)20(30)12-38)29-16(4)8-9-39-27(29)15(2)3/h7-11,15,17-18,45H,1,13-14H2,2-6H3/t17-,18+. The SMILES string of the molecule is C=CC(=O)N1[C@H](C)CN(c2c(C#N)c(=O)n(-c3c(C)ccnc3C(C)C)c3nc(-c4c(O)c(Cl)cc(Cl)c4F)c(Cl)cc23)C[C@@H]1C. The third kappa shape index (κ3) is 5.36. The van der Waals surface area contributed by atoms with Crippen molar-refractivity contribution in [3.63, 3.8) is 0 Å². The van der Waals surface area contributed by atoms with Crippen molar-refractivity contribution in [1.29, 1.82) is 5.26 Å². The fourth-order valence-corrected chi connectivity index (χ4v) is 6.92. The monoisotopic (exact) mass is 682 g/mol. The molecular formula is C33H30Cl3FN6O3. The molecule has 0 bridgehead atoms. The summed E-state index contributed by atoms with van der Waals surface area (Å²) in [5.74, 6) is -2.01. The number of fused-ring (bicyclic) bond motifs is 1. The molecule has 238 valence electrons. The van der Waals surface area contributed by atoms with Crippen LogP contribution in [0, 0.1) is 24.1 Å². The molecule has 1 aliphatic rings. The summed E-state index contributed by atoms with van der Waals surface area (Å²) in [4.78, 5) is 40.0. The number of halogens is 4. The molecule has 0 spiro atoms. The minimum absolute atomic E-state index is 0.0381. The molecule has 13 heteroatoms. The van der Waals surface area contributed by atoms with E-state index in [1.165, 1.54) is 16.7 Å². The van der Waals surface area contributed by atoms with Crippen LogP contribution < -0.4 is 10.5 Å². The van der Waals surface area contributed by atoms with E-state index in [0.717, 1.165) is 6.07 Å². The Morgan fingerprint density at radius 3 is 2.39 bits per heavy atom. The molecule has 0 aliphatic carbocycles. The van der Waals surface area contributed by atoms with Crippen LogP contribution >= 0.6 is 34.8 Å². The summed E-state index contributed by atoms with van der Waals surface area (Å²) < 4.78 is 16.8. The highest BCUT2D eigenvalue weighted by Gasteiger charge is 2.35. The van der Waals surface area contributed by atoms with Crippen molar-refractivity contribution >= 4 is 57.4 Å². The third-order valence-corrected chi connectivity index (χ3v) is 9.01. The summed E-state index contributed by atoms with van der Waals surface area (Å²) in [5.41, 5.74) is 0.456. The second kappa shape index (κ2) is 12.6. The molecule has 9 nitrogen and oxygen atoms in total. The number of nitriles is 1. The van der Waals surface area contributed by atoms with E-state index in [9.17, 15) is 20.0 Å². The number of nitrogens with zero attached hydrogens (tertiary/aromatic N) is 6. The van der Waals surface area contributed by atoms with Crippen LogP contribution in [0.5, 0.6) is 5.75 Å². The Bertz CT molecular complexity index is 2000. The molecule has 46 heavy (non-hydrogen) atoms. The van der Waals surface area contributed by atoms with E-state index in [0.29, 0.717) is 22.3 Å². The number of phenols is 1. The van der Waals surface area contributed by atoms with Crippen molar-refractivity contribution in [2.24, 2.45) is 0 Å². The number of anilines is 1. The molecule has 4 heterocycles. The smallest absolute Gasteiger partial charge is 0.276 e. The first-order valence-electron chi connectivity index (χ1n) is 14.4. The largest absolute Gasteiger partial charge is 0.506 e. The molecule has 5 rings (SSSR count). The number of rotatable bonds is 5. The van der Waals surface area contributed by atoms with E-state index in [4.69, 9.17) is 39.8 Å². The first-order chi connectivity index (χ1) is 21.7. The van der Waals surface area contributed by atoms with Gasteiger partial charge in [0.2, 0.25) is 5.91 Å². The van der Waals surface area contributed by atoms with Gasteiger partial charge in [0, 0.05) is 36.8 Å². The maximum absolute atomic E-state index is 15.5. The van der Waals surface area contributed by atoms with Gasteiger partial charge in [-0.05, 0) is 56.5 Å². The average molecular weight is 684 g/mol. The minimum Gasteiger partial charge on any atom is -0.506 e.